The maximum absolute atomic E-state index is 9.21. The molecule has 0 amide bonds. The van der Waals surface area contributed by atoms with Crippen molar-refractivity contribution in [1.29, 1.82) is 0 Å². The first-order valence-corrected chi connectivity index (χ1v) is 2.36. The molecule has 3 nitrogen and oxygen atoms in total. The molecule has 0 fully saturated rings. The third-order valence-corrected chi connectivity index (χ3v) is 0.642. The Morgan fingerprint density at radius 3 is 2.62 bits per heavy atom. The molecule has 43 valence electrons. The van der Waals surface area contributed by atoms with Crippen LogP contribution in [0.2, 0.25) is 0 Å². The van der Waals surface area contributed by atoms with Crippen LogP contribution in [0.3, 0.4) is 0 Å². The molecule has 0 atom stereocenters. The minimum Gasteiger partial charge on any atom is -0.364 e. The quantitative estimate of drug-likeness (QED) is 0.245. The van der Waals surface area contributed by atoms with E-state index < -0.39 is 0 Å². The molecule has 1 radical (unpaired) electrons. The zero-order valence-corrected chi connectivity index (χ0v) is 7.39. The molecule has 0 heterocycles. The second-order valence-corrected chi connectivity index (χ2v) is 1.26. The average Bonchev–Trinajstić information content (AvgIpc) is 1.69. The Labute approximate surface area is 71.0 Å². The Kier molecular flexibility index (Phi) is 14.6. The van der Waals surface area contributed by atoms with E-state index in [-0.39, 0.29) is 29.6 Å². The normalized spacial score (nSPS) is 7.12. The standard InChI is InChI=1S/C4H9NO2.Na/c1-2-3-4-7-5-6;/h2-4H2,1H3;. The smallest absolute Gasteiger partial charge is 0.155 e. The second-order valence-electron chi connectivity index (χ2n) is 1.26. The average molecular weight is 126 g/mol. The molecule has 0 saturated carbocycles. The Hall–Kier alpha value is 0.400. The molecule has 8 heavy (non-hydrogen) atoms. The Morgan fingerprint density at radius 2 is 2.25 bits per heavy atom. The minimum atomic E-state index is 0. The Bertz CT molecular complexity index is 51.3. The van der Waals surface area contributed by atoms with Gasteiger partial charge in [-0.25, -0.2) is 0 Å². The van der Waals surface area contributed by atoms with Crippen molar-refractivity contribution in [1.82, 2.24) is 0 Å². The first-order chi connectivity index (χ1) is 3.41. The fourth-order valence-corrected chi connectivity index (χ4v) is 0.246. The first kappa shape index (κ1) is 11.2. The van der Waals surface area contributed by atoms with Crippen LogP contribution in [-0.2, 0) is 4.84 Å². The number of unbranched alkanes of at least 4 members (excludes halogenated alkanes) is 1. The molecule has 0 N–H and O–H groups in total. The summed E-state index contributed by atoms with van der Waals surface area (Å²) in [5, 5.41) is 2.22. The fraction of sp³-hybridized carbons (Fsp3) is 1.00. The van der Waals surface area contributed by atoms with E-state index >= 15 is 0 Å². The van der Waals surface area contributed by atoms with Crippen LogP contribution in [-0.4, -0.2) is 36.2 Å². The third-order valence-electron chi connectivity index (χ3n) is 0.642. The molecular formula is C4H9NNaO2. The van der Waals surface area contributed by atoms with Gasteiger partial charge in [-0.2, -0.15) is 0 Å². The summed E-state index contributed by atoms with van der Waals surface area (Å²) >= 11 is 0. The van der Waals surface area contributed by atoms with Crippen molar-refractivity contribution in [3.63, 3.8) is 0 Å². The van der Waals surface area contributed by atoms with Gasteiger partial charge in [-0.05, 0) is 6.42 Å². The van der Waals surface area contributed by atoms with Crippen molar-refractivity contribution in [2.45, 2.75) is 19.8 Å². The number of nitrogens with zero attached hydrogens (tertiary/aromatic N) is 1. The van der Waals surface area contributed by atoms with E-state index in [2.05, 4.69) is 10.2 Å². The van der Waals surface area contributed by atoms with Crippen LogP contribution >= 0.6 is 0 Å². The zero-order chi connectivity index (χ0) is 5.54. The van der Waals surface area contributed by atoms with Gasteiger partial charge in [0.25, 0.3) is 0 Å². The van der Waals surface area contributed by atoms with Gasteiger partial charge in [0.15, 0.2) is 5.34 Å². The van der Waals surface area contributed by atoms with Crippen LogP contribution in [0.25, 0.3) is 0 Å². The first-order valence-electron chi connectivity index (χ1n) is 2.36. The van der Waals surface area contributed by atoms with Crippen LogP contribution < -0.4 is 0 Å². The van der Waals surface area contributed by atoms with Gasteiger partial charge in [-0.1, -0.05) is 13.3 Å². The maximum atomic E-state index is 9.21. The van der Waals surface area contributed by atoms with Crippen molar-refractivity contribution in [3.8, 4) is 0 Å². The summed E-state index contributed by atoms with van der Waals surface area (Å²) in [5.74, 6) is 0. The molecule has 4 heteroatoms. The Morgan fingerprint density at radius 1 is 1.62 bits per heavy atom. The largest absolute Gasteiger partial charge is 0.364 e. The third kappa shape index (κ3) is 9.64. The molecule has 0 aromatic heterocycles. The van der Waals surface area contributed by atoms with E-state index in [1.807, 2.05) is 6.92 Å². The van der Waals surface area contributed by atoms with Crippen molar-refractivity contribution < 1.29 is 4.84 Å². The van der Waals surface area contributed by atoms with Crippen molar-refractivity contribution in [2.75, 3.05) is 6.61 Å². The SMILES string of the molecule is CCCCON=O.[Na]. The predicted octanol–water partition coefficient (Wildman–Crippen LogP) is 1.10. The molecule has 0 unspecified atom stereocenters. The summed E-state index contributed by atoms with van der Waals surface area (Å²) in [6.07, 6.45) is 1.95. The maximum Gasteiger partial charge on any atom is 0.155 e. The number of hydrogen-bond donors (Lipinski definition) is 0. The van der Waals surface area contributed by atoms with Crippen molar-refractivity contribution in [2.24, 2.45) is 5.34 Å². The van der Waals surface area contributed by atoms with Gasteiger partial charge in [-0.15, -0.1) is 4.91 Å². The number of hydrogen-bond acceptors (Lipinski definition) is 3. The molecule has 0 aliphatic carbocycles. The van der Waals surface area contributed by atoms with Crippen molar-refractivity contribution in [3.05, 3.63) is 4.91 Å². The number of rotatable bonds is 4. The zero-order valence-electron chi connectivity index (χ0n) is 5.39. The summed E-state index contributed by atoms with van der Waals surface area (Å²) in [6, 6.07) is 0. The molecule has 0 bridgehead atoms. The molecule has 0 aromatic rings. The van der Waals surface area contributed by atoms with Gasteiger partial charge in [-0.3, -0.25) is 0 Å². The van der Waals surface area contributed by atoms with E-state index in [9.17, 15) is 4.91 Å². The molecular weight excluding hydrogens is 117 g/mol. The van der Waals surface area contributed by atoms with Crippen LogP contribution in [0, 0.1) is 4.91 Å². The summed E-state index contributed by atoms with van der Waals surface area (Å²) in [5.41, 5.74) is 0. The summed E-state index contributed by atoms with van der Waals surface area (Å²) in [4.78, 5) is 13.4. The molecule has 0 saturated heterocycles. The van der Waals surface area contributed by atoms with Crippen LogP contribution in [0.1, 0.15) is 19.8 Å². The Balaban J connectivity index is 0. The molecule has 0 aliphatic rings. The van der Waals surface area contributed by atoms with Gasteiger partial charge < -0.3 is 4.84 Å². The van der Waals surface area contributed by atoms with Crippen molar-refractivity contribution >= 4 is 29.6 Å². The van der Waals surface area contributed by atoms with E-state index in [0.29, 0.717) is 6.61 Å². The van der Waals surface area contributed by atoms with Gasteiger partial charge >= 0.3 is 0 Å². The monoisotopic (exact) mass is 126 g/mol. The predicted molar refractivity (Wildman–Crippen MR) is 32.4 cm³/mol. The molecule has 0 aromatic carbocycles. The van der Waals surface area contributed by atoms with Crippen LogP contribution in [0.5, 0.6) is 0 Å². The second kappa shape index (κ2) is 10.4. The van der Waals surface area contributed by atoms with E-state index in [1.165, 1.54) is 0 Å². The summed E-state index contributed by atoms with van der Waals surface area (Å²) in [6.45, 7) is 2.48. The van der Waals surface area contributed by atoms with Crippen LogP contribution in [0.4, 0.5) is 0 Å². The van der Waals surface area contributed by atoms with Gasteiger partial charge in [0.2, 0.25) is 0 Å². The van der Waals surface area contributed by atoms with Crippen LogP contribution in [0.15, 0.2) is 5.34 Å². The van der Waals surface area contributed by atoms with E-state index in [4.69, 9.17) is 0 Å². The molecule has 0 rings (SSSR count). The molecule has 0 spiro atoms. The summed E-state index contributed by atoms with van der Waals surface area (Å²) in [7, 11) is 0. The topological polar surface area (TPSA) is 38.7 Å². The minimum absolute atomic E-state index is 0. The van der Waals surface area contributed by atoms with E-state index in [0.717, 1.165) is 12.8 Å². The van der Waals surface area contributed by atoms with E-state index in [1.54, 1.807) is 0 Å². The summed E-state index contributed by atoms with van der Waals surface area (Å²) < 4.78 is 0. The van der Waals surface area contributed by atoms with Gasteiger partial charge in [0, 0.05) is 29.6 Å². The van der Waals surface area contributed by atoms with Gasteiger partial charge in [0.05, 0.1) is 0 Å². The van der Waals surface area contributed by atoms with Gasteiger partial charge in [0.1, 0.15) is 6.61 Å². The molecule has 0 aliphatic heterocycles. The fourth-order valence-electron chi connectivity index (χ4n) is 0.246.